The van der Waals surface area contributed by atoms with E-state index in [4.69, 9.17) is 13.0 Å². The lowest BCUT2D eigenvalue weighted by molar-refractivity contribution is -0.138. The Morgan fingerprint density at radius 3 is 2.15 bits per heavy atom. The Kier molecular flexibility index (Phi) is 8.19. The standard InChI is InChI=1S/C13H29O4Si3/c1-12(2)13(14)15-10-9-11-20(8,16-18(3)4)17-19(5,6)7/h1,9-11H2,2-8H3. The third-order valence-corrected chi connectivity index (χ3v) is 11.1. The Labute approximate surface area is 127 Å². The Morgan fingerprint density at radius 1 is 1.20 bits per heavy atom. The fourth-order valence-electron chi connectivity index (χ4n) is 1.88. The number of rotatable bonds is 9. The summed E-state index contributed by atoms with van der Waals surface area (Å²) in [6.45, 7) is 18.6. The predicted molar refractivity (Wildman–Crippen MR) is 89.8 cm³/mol. The molecule has 7 heteroatoms. The molecule has 0 amide bonds. The molecule has 4 nitrogen and oxygen atoms in total. The minimum Gasteiger partial charge on any atom is -0.462 e. The summed E-state index contributed by atoms with van der Waals surface area (Å²) in [5.41, 5.74) is 0.437. The maximum Gasteiger partial charge on any atom is 0.333 e. The SMILES string of the molecule is C=C(C)C(=O)OCCC[Si](C)(O[Si](C)C)O[Si](C)(C)C. The minimum atomic E-state index is -2.15. The first-order chi connectivity index (χ1) is 8.95. The highest BCUT2D eigenvalue weighted by atomic mass is 28.5. The molecule has 0 saturated heterocycles. The zero-order chi connectivity index (χ0) is 16.0. The Hall–Kier alpha value is -0.219. The van der Waals surface area contributed by atoms with Crippen LogP contribution in [-0.4, -0.2) is 38.5 Å². The molecule has 0 aliphatic heterocycles. The molecule has 0 aromatic rings. The van der Waals surface area contributed by atoms with E-state index in [0.29, 0.717) is 12.2 Å². The zero-order valence-corrected chi connectivity index (χ0v) is 17.0. The van der Waals surface area contributed by atoms with Gasteiger partial charge in [0.25, 0.3) is 0 Å². The van der Waals surface area contributed by atoms with Gasteiger partial charge in [-0.05, 0) is 58.7 Å². The molecule has 0 aliphatic carbocycles. The van der Waals surface area contributed by atoms with E-state index in [1.54, 1.807) is 6.92 Å². The summed E-state index contributed by atoms with van der Waals surface area (Å²) in [5, 5.41) is 0. The molecule has 0 heterocycles. The molecular formula is C13H29O4Si3. The average Bonchev–Trinajstić information content (AvgIpc) is 2.19. The maximum absolute atomic E-state index is 11.3. The highest BCUT2D eigenvalue weighted by molar-refractivity contribution is 6.84. The lowest BCUT2D eigenvalue weighted by Gasteiger charge is -2.35. The molecule has 0 aliphatic rings. The van der Waals surface area contributed by atoms with Crippen molar-refractivity contribution in [2.24, 2.45) is 0 Å². The van der Waals surface area contributed by atoms with E-state index < -0.39 is 25.9 Å². The second-order valence-electron chi connectivity index (χ2n) is 6.38. The van der Waals surface area contributed by atoms with Gasteiger partial charge in [0.15, 0.2) is 17.4 Å². The van der Waals surface area contributed by atoms with E-state index in [1.165, 1.54) is 0 Å². The van der Waals surface area contributed by atoms with Crippen LogP contribution in [0.2, 0.25) is 45.3 Å². The molecule has 0 aromatic heterocycles. The summed E-state index contributed by atoms with van der Waals surface area (Å²) in [6.07, 6.45) is 0.779. The Bertz CT molecular complexity index is 339. The van der Waals surface area contributed by atoms with Crippen LogP contribution in [0.15, 0.2) is 12.2 Å². The van der Waals surface area contributed by atoms with Gasteiger partial charge in [-0.2, -0.15) is 0 Å². The van der Waals surface area contributed by atoms with Crippen LogP contribution in [0.5, 0.6) is 0 Å². The van der Waals surface area contributed by atoms with E-state index in [-0.39, 0.29) is 5.97 Å². The maximum atomic E-state index is 11.3. The van der Waals surface area contributed by atoms with Crippen molar-refractivity contribution >= 4 is 31.9 Å². The van der Waals surface area contributed by atoms with Gasteiger partial charge in [0.1, 0.15) is 0 Å². The number of carbonyl (C=O) groups excluding carboxylic acids is 1. The second-order valence-corrected chi connectivity index (χ2v) is 16.8. The lowest BCUT2D eigenvalue weighted by atomic mass is 10.4. The number of carbonyl (C=O) groups is 1. The topological polar surface area (TPSA) is 44.8 Å². The van der Waals surface area contributed by atoms with E-state index in [1.807, 2.05) is 0 Å². The summed E-state index contributed by atoms with van der Waals surface area (Å²) < 4.78 is 17.6. The van der Waals surface area contributed by atoms with E-state index in [2.05, 4.69) is 45.9 Å². The van der Waals surface area contributed by atoms with Gasteiger partial charge in [0.05, 0.1) is 6.61 Å². The van der Waals surface area contributed by atoms with Gasteiger partial charge in [-0.3, -0.25) is 0 Å². The highest BCUT2D eigenvalue weighted by Crippen LogP contribution is 2.22. The molecule has 1 unspecified atom stereocenters. The number of esters is 1. The molecule has 0 rings (SSSR count). The van der Waals surface area contributed by atoms with Crippen LogP contribution in [-0.2, 0) is 17.8 Å². The molecule has 0 spiro atoms. The van der Waals surface area contributed by atoms with Gasteiger partial charge in [0.2, 0.25) is 0 Å². The summed E-state index contributed by atoms with van der Waals surface area (Å²) in [4.78, 5) is 11.3. The Balaban J connectivity index is 4.37. The molecule has 117 valence electrons. The second kappa shape index (κ2) is 8.28. The molecule has 20 heavy (non-hydrogen) atoms. The largest absolute Gasteiger partial charge is 0.462 e. The fourth-order valence-corrected chi connectivity index (χ4v) is 12.7. The van der Waals surface area contributed by atoms with Crippen LogP contribution in [0.1, 0.15) is 13.3 Å². The van der Waals surface area contributed by atoms with E-state index >= 15 is 0 Å². The van der Waals surface area contributed by atoms with Crippen LogP contribution in [0.25, 0.3) is 0 Å². The van der Waals surface area contributed by atoms with Gasteiger partial charge < -0.3 is 13.0 Å². The summed E-state index contributed by atoms with van der Waals surface area (Å²) >= 11 is 0. The highest BCUT2D eigenvalue weighted by Gasteiger charge is 2.36. The first-order valence-corrected chi connectivity index (χ1v) is 15.3. The van der Waals surface area contributed by atoms with Crippen molar-refractivity contribution in [2.45, 2.75) is 58.7 Å². The first-order valence-electron chi connectivity index (χ1n) is 6.97. The number of hydrogen-bond acceptors (Lipinski definition) is 4. The van der Waals surface area contributed by atoms with E-state index in [9.17, 15) is 4.79 Å². The van der Waals surface area contributed by atoms with Crippen LogP contribution in [0, 0.1) is 0 Å². The van der Waals surface area contributed by atoms with Gasteiger partial charge in [-0.25, -0.2) is 4.79 Å². The van der Waals surface area contributed by atoms with Crippen molar-refractivity contribution in [2.75, 3.05) is 6.61 Å². The van der Waals surface area contributed by atoms with Crippen molar-refractivity contribution in [3.63, 3.8) is 0 Å². The van der Waals surface area contributed by atoms with Gasteiger partial charge in [-0.1, -0.05) is 6.58 Å². The number of ether oxygens (including phenoxy) is 1. The molecular weight excluding hydrogens is 304 g/mol. The molecule has 0 aromatic carbocycles. The minimum absolute atomic E-state index is 0.323. The van der Waals surface area contributed by atoms with Crippen LogP contribution in [0.3, 0.4) is 0 Å². The van der Waals surface area contributed by atoms with Gasteiger partial charge in [-0.15, -0.1) is 0 Å². The molecule has 1 atom stereocenters. The van der Waals surface area contributed by atoms with Gasteiger partial charge in [0, 0.05) is 5.57 Å². The third kappa shape index (κ3) is 9.65. The fraction of sp³-hybridized carbons (Fsp3) is 0.769. The van der Waals surface area contributed by atoms with Crippen molar-refractivity contribution in [3.8, 4) is 0 Å². The van der Waals surface area contributed by atoms with E-state index in [0.717, 1.165) is 12.5 Å². The molecule has 0 saturated carbocycles. The first kappa shape index (κ1) is 19.8. The number of hydrogen-bond donors (Lipinski definition) is 0. The van der Waals surface area contributed by atoms with Crippen molar-refractivity contribution < 1.29 is 17.8 Å². The zero-order valence-electron chi connectivity index (χ0n) is 14.0. The lowest BCUT2D eigenvalue weighted by Crippen LogP contribution is -2.49. The summed E-state index contributed by atoms with van der Waals surface area (Å²) in [5.74, 6) is -0.323. The summed E-state index contributed by atoms with van der Waals surface area (Å²) in [7, 11) is -4.57. The van der Waals surface area contributed by atoms with Gasteiger partial charge >= 0.3 is 14.5 Å². The molecule has 0 N–H and O–H groups in total. The van der Waals surface area contributed by atoms with Crippen LogP contribution >= 0.6 is 0 Å². The van der Waals surface area contributed by atoms with Crippen molar-refractivity contribution in [3.05, 3.63) is 12.2 Å². The Morgan fingerprint density at radius 2 is 1.75 bits per heavy atom. The van der Waals surface area contributed by atoms with Crippen molar-refractivity contribution in [1.29, 1.82) is 0 Å². The molecule has 0 bridgehead atoms. The third-order valence-electron chi connectivity index (χ3n) is 2.30. The van der Waals surface area contributed by atoms with Crippen LogP contribution in [0.4, 0.5) is 0 Å². The predicted octanol–water partition coefficient (Wildman–Crippen LogP) is 3.69. The molecule has 0 fully saturated rings. The average molecular weight is 334 g/mol. The monoisotopic (exact) mass is 333 g/mol. The summed E-state index contributed by atoms with van der Waals surface area (Å²) in [6, 6.07) is 0.858. The molecule has 1 radical (unpaired) electrons. The van der Waals surface area contributed by atoms with Crippen LogP contribution < -0.4 is 0 Å². The smallest absolute Gasteiger partial charge is 0.333 e. The quantitative estimate of drug-likeness (QED) is 0.279. The van der Waals surface area contributed by atoms with Crippen molar-refractivity contribution in [1.82, 2.24) is 0 Å². The normalized spacial score (nSPS) is 15.0.